The minimum absolute atomic E-state index is 0.0511. The van der Waals surface area contributed by atoms with Gasteiger partial charge in [0.05, 0.1) is 12.5 Å². The van der Waals surface area contributed by atoms with Crippen molar-refractivity contribution in [2.75, 3.05) is 38.2 Å². The zero-order chi connectivity index (χ0) is 41.8. The predicted molar refractivity (Wildman–Crippen MR) is 224 cm³/mol. The maximum absolute atomic E-state index is 12.1. The van der Waals surface area contributed by atoms with Crippen molar-refractivity contribution in [1.29, 1.82) is 0 Å². The second-order valence-electron chi connectivity index (χ2n) is 13.3. The minimum Gasteiger partial charge on any atom is -0.508 e. The number of aliphatic hydroxyl groups is 1. The van der Waals surface area contributed by atoms with Gasteiger partial charge in [-0.1, -0.05) is 43.9 Å². The molecule has 58 heavy (non-hydrogen) atoms. The molecule has 2 aliphatic rings. The third-order valence-corrected chi connectivity index (χ3v) is 9.33. The third-order valence-electron chi connectivity index (χ3n) is 9.33. The number of methoxy groups -OCH3 is 1. The van der Waals surface area contributed by atoms with E-state index in [4.69, 9.17) is 14.3 Å². The van der Waals surface area contributed by atoms with Gasteiger partial charge >= 0.3 is 5.63 Å². The van der Waals surface area contributed by atoms with Crippen molar-refractivity contribution in [3.05, 3.63) is 118 Å². The lowest BCUT2D eigenvalue weighted by atomic mass is 9.98. The van der Waals surface area contributed by atoms with E-state index in [1.54, 1.807) is 56.5 Å². The first-order valence-corrected chi connectivity index (χ1v) is 18.8. The van der Waals surface area contributed by atoms with Crippen LogP contribution in [-0.4, -0.2) is 72.1 Å². The molecule has 2 fully saturated rings. The number of hydrogen-bond acceptors (Lipinski definition) is 12. The summed E-state index contributed by atoms with van der Waals surface area (Å²) in [7, 11) is 1.55. The zero-order valence-electron chi connectivity index (χ0n) is 32.7. The number of phenols is 3. The van der Waals surface area contributed by atoms with Gasteiger partial charge in [-0.3, -0.25) is 9.59 Å². The number of aldehydes is 1. The van der Waals surface area contributed by atoms with Crippen LogP contribution in [0.3, 0.4) is 0 Å². The lowest BCUT2D eigenvalue weighted by molar-refractivity contribution is -0.120. The first kappa shape index (κ1) is 42.3. The Balaban J connectivity index is 0.000000172. The molecule has 0 unspecified atom stereocenters. The number of carbonyl (C=O) groups is 2. The van der Waals surface area contributed by atoms with Gasteiger partial charge in [0, 0.05) is 77.5 Å². The summed E-state index contributed by atoms with van der Waals surface area (Å²) >= 11 is 0. The first-order chi connectivity index (χ1) is 28.0. The van der Waals surface area contributed by atoms with Crippen LogP contribution in [0.5, 0.6) is 28.7 Å². The summed E-state index contributed by atoms with van der Waals surface area (Å²) in [5.74, 6) is 6.93. The van der Waals surface area contributed by atoms with E-state index in [9.17, 15) is 29.7 Å². The molecule has 0 atom stereocenters. The van der Waals surface area contributed by atoms with Crippen LogP contribution < -0.4 is 25.3 Å². The van der Waals surface area contributed by atoms with Crippen molar-refractivity contribution in [3.63, 3.8) is 0 Å². The number of anilines is 1. The molecule has 0 spiro atoms. The van der Waals surface area contributed by atoms with Gasteiger partial charge in [-0.05, 0) is 85.5 Å². The van der Waals surface area contributed by atoms with Crippen LogP contribution >= 0.6 is 0 Å². The normalized spacial score (nSPS) is 13.5. The van der Waals surface area contributed by atoms with Gasteiger partial charge in [-0.25, -0.2) is 4.79 Å². The highest BCUT2D eigenvalue weighted by Crippen LogP contribution is 2.36. The maximum Gasteiger partial charge on any atom is 0.344 e. The number of carbonyl (C=O) groups excluding carboxylic acids is 2. The molecule has 300 valence electrons. The Kier molecular flexibility index (Phi) is 14.1. The van der Waals surface area contributed by atoms with Crippen LogP contribution in [0.2, 0.25) is 0 Å². The molecule has 1 aliphatic heterocycles. The largest absolute Gasteiger partial charge is 0.508 e. The van der Waals surface area contributed by atoms with E-state index in [0.29, 0.717) is 52.9 Å². The summed E-state index contributed by atoms with van der Waals surface area (Å²) in [5.41, 5.74) is 3.77. The van der Waals surface area contributed by atoms with Gasteiger partial charge in [-0.2, -0.15) is 0 Å². The van der Waals surface area contributed by atoms with Crippen LogP contribution in [0.4, 0.5) is 5.69 Å². The predicted octanol–water partition coefficient (Wildman–Crippen LogP) is 7.08. The Labute approximate surface area is 335 Å². The number of benzene rings is 5. The molecule has 1 saturated carbocycles. The average Bonchev–Trinajstić information content (AvgIpc) is 3.99. The van der Waals surface area contributed by atoms with Gasteiger partial charge in [0.2, 0.25) is 0 Å². The van der Waals surface area contributed by atoms with Crippen molar-refractivity contribution in [2.45, 2.75) is 39.2 Å². The molecule has 8 rings (SSSR count). The fourth-order valence-corrected chi connectivity index (χ4v) is 6.11. The highest BCUT2D eigenvalue weighted by molar-refractivity contribution is 6.04. The topological polar surface area (TPSA) is 179 Å². The van der Waals surface area contributed by atoms with Crippen LogP contribution in [-0.2, 0) is 4.79 Å². The summed E-state index contributed by atoms with van der Waals surface area (Å²) in [6.07, 6.45) is 2.26. The second kappa shape index (κ2) is 19.4. The van der Waals surface area contributed by atoms with Crippen molar-refractivity contribution in [2.24, 2.45) is 0 Å². The van der Waals surface area contributed by atoms with Gasteiger partial charge in [-0.15, -0.1) is 0 Å². The van der Waals surface area contributed by atoms with Gasteiger partial charge in [0.15, 0.2) is 6.29 Å². The first-order valence-electron chi connectivity index (χ1n) is 18.8. The second-order valence-corrected chi connectivity index (χ2v) is 13.3. The summed E-state index contributed by atoms with van der Waals surface area (Å²) in [4.78, 5) is 35.9. The highest BCUT2D eigenvalue weighted by Gasteiger charge is 2.38. The van der Waals surface area contributed by atoms with Gasteiger partial charge in [0.1, 0.15) is 39.9 Å². The minimum atomic E-state index is -0.847. The third kappa shape index (κ3) is 10.5. The lowest BCUT2D eigenvalue weighted by Crippen LogP contribution is -2.43. The number of phenolic OH excluding ortho intramolecular Hbond substituents is 3. The van der Waals surface area contributed by atoms with Crippen LogP contribution in [0.15, 0.2) is 100 Å². The zero-order valence-corrected chi connectivity index (χ0v) is 32.7. The Morgan fingerprint density at radius 2 is 1.41 bits per heavy atom. The number of ether oxygens (including phenoxy) is 2. The average molecular weight is 787 g/mol. The van der Waals surface area contributed by atoms with E-state index >= 15 is 0 Å². The maximum atomic E-state index is 12.1. The summed E-state index contributed by atoms with van der Waals surface area (Å²) in [5, 5.41) is 43.1. The van der Waals surface area contributed by atoms with Crippen molar-refractivity contribution in [3.8, 4) is 51.7 Å². The number of rotatable bonds is 6. The molecule has 5 N–H and O–H groups in total. The Morgan fingerprint density at radius 3 is 2.09 bits per heavy atom. The van der Waals surface area contributed by atoms with Crippen molar-refractivity contribution < 1.29 is 43.9 Å². The number of nitrogens with zero attached hydrogens (tertiary/aromatic N) is 1. The molecule has 1 aromatic heterocycles. The van der Waals surface area contributed by atoms with Crippen LogP contribution in [0, 0.1) is 18.8 Å². The van der Waals surface area contributed by atoms with Gasteiger partial charge in [0.25, 0.3) is 6.47 Å². The van der Waals surface area contributed by atoms with Crippen LogP contribution in [0.1, 0.15) is 48.2 Å². The molecule has 1 saturated heterocycles. The Bertz CT molecular complexity index is 2530. The quantitative estimate of drug-likeness (QED) is 0.0502. The van der Waals surface area contributed by atoms with E-state index < -0.39 is 11.2 Å². The lowest BCUT2D eigenvalue weighted by Gasteiger charge is -2.30. The highest BCUT2D eigenvalue weighted by atomic mass is 16.5. The number of nitrogens with one attached hydrogen (secondary N) is 1. The van der Waals surface area contributed by atoms with E-state index in [1.807, 2.05) is 44.2 Å². The van der Waals surface area contributed by atoms with Crippen molar-refractivity contribution in [1.82, 2.24) is 5.32 Å². The van der Waals surface area contributed by atoms with E-state index in [0.717, 1.165) is 65.6 Å². The molecule has 0 radical (unpaired) electrons. The Morgan fingerprint density at radius 1 is 0.776 bits per heavy atom. The van der Waals surface area contributed by atoms with Crippen LogP contribution in [0.25, 0.3) is 32.9 Å². The molecule has 6 aromatic rings. The summed E-state index contributed by atoms with van der Waals surface area (Å²) in [6.45, 7) is 9.88. The molecule has 1 aliphatic carbocycles. The SMILES string of the molecule is CC.COc1cc(O)ccc1-c1ccc(N2CCNCC2)cc1C=O.Cc1ccc(O)cc1OC=O.O=c1oc2cc(O)ccc2c2ccc(C#CC3(O)CC3)cc12. The van der Waals surface area contributed by atoms with E-state index in [-0.39, 0.29) is 17.2 Å². The van der Waals surface area contributed by atoms with E-state index in [1.165, 1.54) is 18.2 Å². The molecule has 0 amide bonds. The standard InChI is InChI=1S/C18H20N2O3.C18H12O4.C8H8O3.C2H6/c1-23-18-11-15(22)3-5-17(18)16-4-2-14(10-13(16)12-21)20-8-6-19-7-9-20;19-12-2-4-14-13-3-1-11(5-6-18(21)7-8-18)9-15(13)17(20)22-16(14)10-12;1-6-2-3-7(10)4-8(6)11-5-9;1-2/h2-5,10-12,19,22H,6-9H2,1H3;1-4,9-10,19,21H,7-8H2;2-5,10H,1H3;1-2H3. The number of fused-ring (bicyclic) bond motifs is 3. The molecule has 2 heterocycles. The summed E-state index contributed by atoms with van der Waals surface area (Å²) < 4.78 is 15.2. The fraction of sp³-hybridized carbons (Fsp3) is 0.239. The Hall–Kier alpha value is -6.81. The number of aryl methyl sites for hydroxylation is 1. The molecule has 0 bridgehead atoms. The summed E-state index contributed by atoms with van der Waals surface area (Å²) in [6, 6.07) is 25.4. The smallest absolute Gasteiger partial charge is 0.344 e. The molecular formula is C46H46N2O10. The number of aromatic hydroxyl groups is 3. The molecular weight excluding hydrogens is 741 g/mol. The molecule has 12 heteroatoms. The monoisotopic (exact) mass is 786 g/mol. The molecule has 5 aromatic carbocycles. The molecule has 12 nitrogen and oxygen atoms in total. The fourth-order valence-electron chi connectivity index (χ4n) is 6.11. The number of hydrogen-bond donors (Lipinski definition) is 5. The van der Waals surface area contributed by atoms with Gasteiger partial charge < -0.3 is 44.5 Å². The number of piperazine rings is 1. The van der Waals surface area contributed by atoms with Crippen molar-refractivity contribution >= 4 is 40.2 Å². The van der Waals surface area contributed by atoms with E-state index in [2.05, 4.69) is 26.8 Å².